The van der Waals surface area contributed by atoms with Crippen LogP contribution in [0.25, 0.3) is 0 Å². The van der Waals surface area contributed by atoms with Crippen LogP contribution in [0.3, 0.4) is 0 Å². The molecule has 1 fully saturated rings. The molecule has 0 atom stereocenters. The van der Waals surface area contributed by atoms with E-state index in [2.05, 4.69) is 10.6 Å². The molecule has 0 aliphatic carbocycles. The van der Waals surface area contributed by atoms with Gasteiger partial charge in [-0.05, 0) is 38.1 Å². The fourth-order valence-electron chi connectivity index (χ4n) is 2.12. The molecule has 1 aliphatic rings. The number of hydrogen-bond donors (Lipinski definition) is 2. The van der Waals surface area contributed by atoms with Crippen molar-refractivity contribution in [3.63, 3.8) is 0 Å². The first kappa shape index (κ1) is 14.9. The molecule has 1 heterocycles. The molecule has 0 saturated carbocycles. The third kappa shape index (κ3) is 4.25. The van der Waals surface area contributed by atoms with Gasteiger partial charge in [-0.2, -0.15) is 0 Å². The molecule has 0 aromatic heterocycles. The first-order valence-electron chi connectivity index (χ1n) is 6.72. The molecule has 1 aromatic rings. The summed E-state index contributed by atoms with van der Waals surface area (Å²) >= 11 is 0. The summed E-state index contributed by atoms with van der Waals surface area (Å²) in [6, 6.07) is 2.89. The van der Waals surface area contributed by atoms with Gasteiger partial charge >= 0.3 is 0 Å². The van der Waals surface area contributed by atoms with Crippen molar-refractivity contribution in [1.82, 2.24) is 10.6 Å². The van der Waals surface area contributed by atoms with Crippen molar-refractivity contribution >= 4 is 5.91 Å². The van der Waals surface area contributed by atoms with E-state index in [4.69, 9.17) is 4.74 Å². The minimum atomic E-state index is -0.859. The molecule has 4 nitrogen and oxygen atoms in total. The fourth-order valence-corrected chi connectivity index (χ4v) is 2.12. The third-order valence-electron chi connectivity index (χ3n) is 3.20. The minimum Gasteiger partial charge on any atom is -0.376 e. The van der Waals surface area contributed by atoms with E-state index in [0.29, 0.717) is 19.2 Å². The lowest BCUT2D eigenvalue weighted by molar-refractivity contribution is 0.0343. The highest BCUT2D eigenvalue weighted by Crippen LogP contribution is 2.09. The molecule has 0 radical (unpaired) electrons. The number of hydrogen-bond acceptors (Lipinski definition) is 3. The van der Waals surface area contributed by atoms with Gasteiger partial charge in [-0.25, -0.2) is 8.78 Å². The average molecular weight is 284 g/mol. The lowest BCUT2D eigenvalue weighted by Crippen LogP contribution is -2.35. The Labute approximate surface area is 116 Å². The molecule has 6 heteroatoms. The van der Waals surface area contributed by atoms with Crippen LogP contribution in [0.2, 0.25) is 0 Å². The zero-order valence-corrected chi connectivity index (χ0v) is 11.1. The zero-order chi connectivity index (χ0) is 14.4. The number of halogens is 2. The molecule has 1 aliphatic heterocycles. The molecule has 110 valence electrons. The van der Waals surface area contributed by atoms with Gasteiger partial charge in [0.25, 0.3) is 5.91 Å². The van der Waals surface area contributed by atoms with Gasteiger partial charge in [-0.15, -0.1) is 0 Å². The van der Waals surface area contributed by atoms with Crippen LogP contribution in [0.15, 0.2) is 18.2 Å². The van der Waals surface area contributed by atoms with Crippen molar-refractivity contribution < 1.29 is 18.3 Å². The molecule has 1 saturated heterocycles. The van der Waals surface area contributed by atoms with Crippen LogP contribution in [0.1, 0.15) is 23.2 Å². The maximum atomic E-state index is 13.4. The smallest absolute Gasteiger partial charge is 0.254 e. The Hall–Kier alpha value is -1.53. The molecule has 20 heavy (non-hydrogen) atoms. The van der Waals surface area contributed by atoms with Gasteiger partial charge in [0.15, 0.2) is 0 Å². The van der Waals surface area contributed by atoms with Gasteiger partial charge < -0.3 is 15.4 Å². The summed E-state index contributed by atoms with van der Waals surface area (Å²) in [5.41, 5.74) is -0.159. The lowest BCUT2D eigenvalue weighted by atomic mass is 10.1. The molecule has 1 amide bonds. The lowest BCUT2D eigenvalue weighted by Gasteiger charge is -2.22. The predicted octanol–water partition coefficient (Wildman–Crippen LogP) is 1.46. The summed E-state index contributed by atoms with van der Waals surface area (Å²) in [5, 5.41) is 5.79. The van der Waals surface area contributed by atoms with Crippen molar-refractivity contribution in [3.05, 3.63) is 35.4 Å². The van der Waals surface area contributed by atoms with Crippen molar-refractivity contribution in [2.75, 3.05) is 26.2 Å². The number of rotatable bonds is 5. The monoisotopic (exact) mass is 284 g/mol. The molecule has 0 spiro atoms. The Balaban J connectivity index is 1.72. The number of amides is 1. The highest BCUT2D eigenvalue weighted by molar-refractivity contribution is 5.94. The van der Waals surface area contributed by atoms with E-state index in [1.165, 1.54) is 0 Å². The highest BCUT2D eigenvalue weighted by atomic mass is 19.1. The normalized spacial score (nSPS) is 16.1. The molecule has 2 rings (SSSR count). The minimum absolute atomic E-state index is 0.159. The van der Waals surface area contributed by atoms with Gasteiger partial charge in [0.05, 0.1) is 18.3 Å². The average Bonchev–Trinajstić information content (AvgIpc) is 2.44. The number of nitrogens with one attached hydrogen (secondary N) is 2. The Morgan fingerprint density at radius 1 is 1.35 bits per heavy atom. The van der Waals surface area contributed by atoms with E-state index in [0.717, 1.165) is 38.1 Å². The van der Waals surface area contributed by atoms with Gasteiger partial charge in [-0.1, -0.05) is 0 Å². The summed E-state index contributed by atoms with van der Waals surface area (Å²) in [5.74, 6) is -2.12. The van der Waals surface area contributed by atoms with Crippen molar-refractivity contribution in [3.8, 4) is 0 Å². The van der Waals surface area contributed by atoms with Crippen molar-refractivity contribution in [2.24, 2.45) is 0 Å². The standard InChI is InChI=1S/C14H18F2N2O2/c15-10-1-2-12(13(16)9-10)14(19)18-7-8-20-11-3-5-17-6-4-11/h1-2,9,11,17H,3-8H2,(H,18,19). The Bertz CT molecular complexity index is 462. The Morgan fingerprint density at radius 2 is 2.10 bits per heavy atom. The number of piperidine rings is 1. The van der Waals surface area contributed by atoms with Gasteiger partial charge in [0.1, 0.15) is 11.6 Å². The van der Waals surface area contributed by atoms with Crippen LogP contribution in [0.4, 0.5) is 8.78 Å². The summed E-state index contributed by atoms with van der Waals surface area (Å²) in [7, 11) is 0. The molecule has 1 aromatic carbocycles. The second-order valence-corrected chi connectivity index (χ2v) is 4.70. The predicted molar refractivity (Wildman–Crippen MR) is 70.5 cm³/mol. The van der Waals surface area contributed by atoms with Crippen LogP contribution >= 0.6 is 0 Å². The number of benzene rings is 1. The number of ether oxygens (including phenoxy) is 1. The van der Waals surface area contributed by atoms with E-state index in [1.54, 1.807) is 0 Å². The van der Waals surface area contributed by atoms with Gasteiger partial charge in [0, 0.05) is 12.6 Å². The molecule has 2 N–H and O–H groups in total. The Morgan fingerprint density at radius 3 is 2.80 bits per heavy atom. The van der Waals surface area contributed by atoms with E-state index in [1.807, 2.05) is 0 Å². The zero-order valence-electron chi connectivity index (χ0n) is 11.1. The van der Waals surface area contributed by atoms with E-state index in [9.17, 15) is 13.6 Å². The van der Waals surface area contributed by atoms with Crippen LogP contribution in [0.5, 0.6) is 0 Å². The maximum absolute atomic E-state index is 13.4. The van der Waals surface area contributed by atoms with Crippen LogP contribution in [-0.2, 0) is 4.74 Å². The van der Waals surface area contributed by atoms with Crippen molar-refractivity contribution in [1.29, 1.82) is 0 Å². The van der Waals surface area contributed by atoms with E-state index >= 15 is 0 Å². The number of carbonyl (C=O) groups excluding carboxylic acids is 1. The summed E-state index contributed by atoms with van der Waals surface area (Å²) in [6.07, 6.45) is 2.14. The first-order chi connectivity index (χ1) is 9.66. The molecular weight excluding hydrogens is 266 g/mol. The fraction of sp³-hybridized carbons (Fsp3) is 0.500. The van der Waals surface area contributed by atoms with Crippen LogP contribution in [0, 0.1) is 11.6 Å². The van der Waals surface area contributed by atoms with E-state index in [-0.39, 0.29) is 11.7 Å². The third-order valence-corrected chi connectivity index (χ3v) is 3.20. The maximum Gasteiger partial charge on any atom is 0.254 e. The van der Waals surface area contributed by atoms with Crippen LogP contribution < -0.4 is 10.6 Å². The summed E-state index contributed by atoms with van der Waals surface area (Å²) < 4.78 is 31.7. The van der Waals surface area contributed by atoms with Gasteiger partial charge in [0.2, 0.25) is 0 Å². The van der Waals surface area contributed by atoms with Crippen LogP contribution in [-0.4, -0.2) is 38.3 Å². The second-order valence-electron chi connectivity index (χ2n) is 4.70. The largest absolute Gasteiger partial charge is 0.376 e. The number of carbonyl (C=O) groups is 1. The second kappa shape index (κ2) is 7.31. The van der Waals surface area contributed by atoms with Crippen molar-refractivity contribution in [2.45, 2.75) is 18.9 Å². The van der Waals surface area contributed by atoms with Gasteiger partial charge in [-0.3, -0.25) is 4.79 Å². The molecule has 0 bridgehead atoms. The first-order valence-corrected chi connectivity index (χ1v) is 6.72. The summed E-state index contributed by atoms with van der Waals surface area (Å²) in [4.78, 5) is 11.7. The van der Waals surface area contributed by atoms with E-state index < -0.39 is 17.5 Å². The summed E-state index contributed by atoms with van der Waals surface area (Å²) in [6.45, 7) is 2.58. The highest BCUT2D eigenvalue weighted by Gasteiger charge is 2.14. The topological polar surface area (TPSA) is 50.4 Å². The Kier molecular flexibility index (Phi) is 5.43. The molecule has 0 unspecified atom stereocenters. The molecular formula is C14H18F2N2O2. The SMILES string of the molecule is O=C(NCCOC1CCNCC1)c1ccc(F)cc1F. The quantitative estimate of drug-likeness (QED) is 0.805.